The summed E-state index contributed by atoms with van der Waals surface area (Å²) in [6.07, 6.45) is 2.42. The lowest BCUT2D eigenvalue weighted by Gasteiger charge is -1.99. The van der Waals surface area contributed by atoms with Gasteiger partial charge < -0.3 is 9.67 Å². The second-order valence-corrected chi connectivity index (χ2v) is 4.02. The molecule has 0 atom stereocenters. The maximum Gasteiger partial charge on any atom is 0.134 e. The van der Waals surface area contributed by atoms with Gasteiger partial charge in [0.15, 0.2) is 0 Å². The Morgan fingerprint density at radius 3 is 2.81 bits per heavy atom. The first-order valence-corrected chi connectivity index (χ1v) is 5.42. The number of aromatic hydroxyl groups is 1. The minimum Gasteiger partial charge on any atom is -0.508 e. The molecule has 0 unspecified atom stereocenters. The van der Waals surface area contributed by atoms with Gasteiger partial charge in [-0.1, -0.05) is 0 Å². The number of benzene rings is 1. The van der Waals surface area contributed by atoms with Crippen LogP contribution in [0.3, 0.4) is 0 Å². The van der Waals surface area contributed by atoms with Crippen molar-refractivity contribution in [3.63, 3.8) is 0 Å². The normalized spacial score (nSPS) is 10.9. The van der Waals surface area contributed by atoms with Gasteiger partial charge in [0.2, 0.25) is 0 Å². The van der Waals surface area contributed by atoms with Crippen LogP contribution in [-0.2, 0) is 17.8 Å². The summed E-state index contributed by atoms with van der Waals surface area (Å²) in [6, 6.07) is 5.28. The molecule has 0 spiro atoms. The van der Waals surface area contributed by atoms with E-state index in [-0.39, 0.29) is 11.5 Å². The zero-order chi connectivity index (χ0) is 11.7. The summed E-state index contributed by atoms with van der Waals surface area (Å²) in [7, 11) is 0. The lowest BCUT2D eigenvalue weighted by atomic mass is 10.1. The molecule has 1 heterocycles. The van der Waals surface area contributed by atoms with Crippen molar-refractivity contribution in [2.24, 2.45) is 0 Å². The molecule has 0 fully saturated rings. The Kier molecular flexibility index (Phi) is 2.69. The minimum absolute atomic E-state index is 0.137. The van der Waals surface area contributed by atoms with Crippen LogP contribution in [-0.4, -0.2) is 15.5 Å². The zero-order valence-electron chi connectivity index (χ0n) is 9.53. The number of hydrogen-bond acceptors (Lipinski definition) is 2. The summed E-state index contributed by atoms with van der Waals surface area (Å²) in [6.45, 7) is 4.50. The number of rotatable bonds is 3. The second-order valence-electron chi connectivity index (χ2n) is 4.02. The highest BCUT2D eigenvalue weighted by Gasteiger charge is 2.09. The molecule has 2 rings (SSSR count). The standard InChI is InChI=1S/C13H15NO2/c1-3-14-8-10(6-9(2)15)12-7-11(16)4-5-13(12)14/h4-5,7-8,16H,3,6H2,1-2H3. The number of nitrogens with zero attached hydrogens (tertiary/aromatic N) is 1. The van der Waals surface area contributed by atoms with E-state index in [9.17, 15) is 9.90 Å². The molecule has 3 heteroatoms. The fourth-order valence-electron chi connectivity index (χ4n) is 2.03. The molecule has 16 heavy (non-hydrogen) atoms. The Balaban J connectivity index is 2.63. The van der Waals surface area contributed by atoms with Gasteiger partial charge in [-0.3, -0.25) is 4.79 Å². The van der Waals surface area contributed by atoms with E-state index >= 15 is 0 Å². The fourth-order valence-corrected chi connectivity index (χ4v) is 2.03. The minimum atomic E-state index is 0.137. The Hall–Kier alpha value is -1.77. The molecule has 1 aromatic heterocycles. The summed E-state index contributed by atoms with van der Waals surface area (Å²) < 4.78 is 2.09. The maximum atomic E-state index is 11.2. The third kappa shape index (κ3) is 1.81. The predicted molar refractivity (Wildman–Crippen MR) is 63.7 cm³/mol. The molecule has 2 aromatic rings. The van der Waals surface area contributed by atoms with Crippen LogP contribution >= 0.6 is 0 Å². The highest BCUT2D eigenvalue weighted by molar-refractivity contribution is 5.90. The van der Waals surface area contributed by atoms with Crippen molar-refractivity contribution >= 4 is 16.7 Å². The van der Waals surface area contributed by atoms with Gasteiger partial charge in [0.1, 0.15) is 11.5 Å². The van der Waals surface area contributed by atoms with Crippen LogP contribution in [0.2, 0.25) is 0 Å². The summed E-state index contributed by atoms with van der Waals surface area (Å²) in [5, 5.41) is 10.4. The Bertz CT molecular complexity index is 540. The average molecular weight is 217 g/mol. The number of Topliss-reactive ketones (excluding diaryl/α,β-unsaturated/α-hetero) is 1. The van der Waals surface area contributed by atoms with Crippen LogP contribution in [0.4, 0.5) is 0 Å². The Morgan fingerprint density at radius 2 is 2.19 bits per heavy atom. The van der Waals surface area contributed by atoms with Crippen molar-refractivity contribution in [1.82, 2.24) is 4.57 Å². The monoisotopic (exact) mass is 217 g/mol. The van der Waals surface area contributed by atoms with E-state index < -0.39 is 0 Å². The molecule has 0 saturated heterocycles. The number of carbonyl (C=O) groups excluding carboxylic acids is 1. The van der Waals surface area contributed by atoms with E-state index in [0.29, 0.717) is 6.42 Å². The van der Waals surface area contributed by atoms with Crippen molar-refractivity contribution in [2.45, 2.75) is 26.8 Å². The Morgan fingerprint density at radius 1 is 1.44 bits per heavy atom. The van der Waals surface area contributed by atoms with E-state index in [1.807, 2.05) is 12.3 Å². The molecule has 0 radical (unpaired) electrons. The van der Waals surface area contributed by atoms with Crippen molar-refractivity contribution in [3.05, 3.63) is 30.0 Å². The number of fused-ring (bicyclic) bond motifs is 1. The molecule has 1 aromatic carbocycles. The van der Waals surface area contributed by atoms with Crippen LogP contribution < -0.4 is 0 Å². The lowest BCUT2D eigenvalue weighted by Crippen LogP contribution is -1.95. The van der Waals surface area contributed by atoms with Crippen LogP contribution in [0.1, 0.15) is 19.4 Å². The molecule has 0 bridgehead atoms. The van der Waals surface area contributed by atoms with Gasteiger partial charge in [0.25, 0.3) is 0 Å². The number of aromatic nitrogens is 1. The quantitative estimate of drug-likeness (QED) is 0.858. The van der Waals surface area contributed by atoms with Crippen molar-refractivity contribution in [2.75, 3.05) is 0 Å². The first-order chi connectivity index (χ1) is 7.61. The largest absolute Gasteiger partial charge is 0.508 e. The Labute approximate surface area is 94.3 Å². The molecule has 0 aliphatic carbocycles. The van der Waals surface area contributed by atoms with E-state index in [4.69, 9.17) is 0 Å². The molecular formula is C13H15NO2. The highest BCUT2D eigenvalue weighted by Crippen LogP contribution is 2.25. The molecule has 0 aliphatic heterocycles. The summed E-state index contributed by atoms with van der Waals surface area (Å²) >= 11 is 0. The molecule has 1 N–H and O–H groups in total. The first-order valence-electron chi connectivity index (χ1n) is 5.42. The van der Waals surface area contributed by atoms with Gasteiger partial charge in [-0.15, -0.1) is 0 Å². The second kappa shape index (κ2) is 4.00. The van der Waals surface area contributed by atoms with E-state index in [1.165, 1.54) is 0 Å². The van der Waals surface area contributed by atoms with E-state index in [0.717, 1.165) is 23.0 Å². The van der Waals surface area contributed by atoms with Gasteiger partial charge in [-0.2, -0.15) is 0 Å². The van der Waals surface area contributed by atoms with E-state index in [2.05, 4.69) is 11.5 Å². The molecule has 3 nitrogen and oxygen atoms in total. The first kappa shape index (κ1) is 10.7. The van der Waals surface area contributed by atoms with Gasteiger partial charge >= 0.3 is 0 Å². The number of carbonyl (C=O) groups is 1. The number of hydrogen-bond donors (Lipinski definition) is 1. The highest BCUT2D eigenvalue weighted by atomic mass is 16.3. The summed E-state index contributed by atoms with van der Waals surface area (Å²) in [4.78, 5) is 11.2. The van der Waals surface area contributed by atoms with Crippen LogP contribution in [0, 0.1) is 0 Å². The molecule has 0 saturated carbocycles. The van der Waals surface area contributed by atoms with Gasteiger partial charge in [0, 0.05) is 30.1 Å². The number of phenols is 1. The fraction of sp³-hybridized carbons (Fsp3) is 0.308. The third-order valence-electron chi connectivity index (χ3n) is 2.73. The summed E-state index contributed by atoms with van der Waals surface area (Å²) in [5.41, 5.74) is 2.05. The van der Waals surface area contributed by atoms with Crippen LogP contribution in [0.15, 0.2) is 24.4 Å². The van der Waals surface area contributed by atoms with Gasteiger partial charge in [-0.25, -0.2) is 0 Å². The molecule has 0 aliphatic rings. The van der Waals surface area contributed by atoms with Crippen molar-refractivity contribution < 1.29 is 9.90 Å². The SMILES string of the molecule is CCn1cc(CC(C)=O)c2cc(O)ccc21. The zero-order valence-corrected chi connectivity index (χ0v) is 9.53. The predicted octanol–water partition coefficient (Wildman–Crippen LogP) is 2.50. The van der Waals surface area contributed by atoms with Gasteiger partial charge in [-0.05, 0) is 37.6 Å². The third-order valence-corrected chi connectivity index (χ3v) is 2.73. The van der Waals surface area contributed by atoms with Crippen LogP contribution in [0.25, 0.3) is 10.9 Å². The van der Waals surface area contributed by atoms with Gasteiger partial charge in [0.05, 0.1) is 0 Å². The topological polar surface area (TPSA) is 42.2 Å². The van der Waals surface area contributed by atoms with E-state index in [1.54, 1.807) is 19.1 Å². The van der Waals surface area contributed by atoms with Crippen molar-refractivity contribution in [1.29, 1.82) is 0 Å². The average Bonchev–Trinajstić information content (AvgIpc) is 2.55. The number of aryl methyl sites for hydroxylation is 1. The van der Waals surface area contributed by atoms with Crippen LogP contribution in [0.5, 0.6) is 5.75 Å². The number of ketones is 1. The molecule has 84 valence electrons. The molecular weight excluding hydrogens is 202 g/mol. The number of phenolic OH excluding ortho intramolecular Hbond substituents is 1. The maximum absolute atomic E-state index is 11.2. The molecule has 0 amide bonds. The summed E-state index contributed by atoms with van der Waals surface area (Å²) in [5.74, 6) is 0.379. The lowest BCUT2D eigenvalue weighted by molar-refractivity contribution is -0.116. The smallest absolute Gasteiger partial charge is 0.134 e. The van der Waals surface area contributed by atoms with Crippen molar-refractivity contribution in [3.8, 4) is 5.75 Å².